The van der Waals surface area contributed by atoms with E-state index in [1.54, 1.807) is 11.5 Å². The van der Waals surface area contributed by atoms with Gasteiger partial charge in [0.05, 0.1) is 0 Å². The molecule has 2 atom stereocenters. The number of allylic oxidation sites excluding steroid dienone is 1. The first-order valence-electron chi connectivity index (χ1n) is 5.02. The highest BCUT2D eigenvalue weighted by atomic mass is 32.2. The van der Waals surface area contributed by atoms with E-state index in [9.17, 15) is 4.21 Å². The molecule has 0 aliphatic carbocycles. The van der Waals surface area contributed by atoms with Crippen molar-refractivity contribution in [2.45, 2.75) is 19.4 Å². The summed E-state index contributed by atoms with van der Waals surface area (Å²) in [4.78, 5) is 0. The summed E-state index contributed by atoms with van der Waals surface area (Å²) in [7, 11) is -0.929. The standard InChI is InChI=1S/C12H17NOS/c1-2-8-15(14)10-12(13)9-11-6-4-3-5-7-11/h2-8,12H,9-10,13H2,1H3/b8-2+/t12-,15+/m0/s1. The van der Waals surface area contributed by atoms with Crippen LogP contribution in [0.4, 0.5) is 0 Å². The molecule has 1 rings (SSSR count). The molecule has 0 saturated heterocycles. The fourth-order valence-corrected chi connectivity index (χ4v) is 2.35. The highest BCUT2D eigenvalue weighted by Gasteiger charge is 2.06. The van der Waals surface area contributed by atoms with E-state index in [1.165, 1.54) is 5.56 Å². The molecule has 0 aliphatic rings. The highest BCUT2D eigenvalue weighted by Crippen LogP contribution is 2.03. The Kier molecular flexibility index (Phi) is 5.29. The SMILES string of the molecule is C/C=C/[S@@](=O)C[C@@H](N)Cc1ccccc1. The van der Waals surface area contributed by atoms with E-state index < -0.39 is 10.8 Å². The van der Waals surface area contributed by atoms with Gasteiger partial charge < -0.3 is 5.73 Å². The molecule has 0 aliphatic heterocycles. The normalized spacial score (nSPS) is 15.3. The van der Waals surface area contributed by atoms with Crippen molar-refractivity contribution in [3.63, 3.8) is 0 Å². The third-order valence-electron chi connectivity index (χ3n) is 2.01. The van der Waals surface area contributed by atoms with E-state index >= 15 is 0 Å². The average Bonchev–Trinajstić information content (AvgIpc) is 2.19. The summed E-state index contributed by atoms with van der Waals surface area (Å²) < 4.78 is 11.4. The number of benzene rings is 1. The molecule has 0 unspecified atom stereocenters. The fourth-order valence-electron chi connectivity index (χ4n) is 1.39. The van der Waals surface area contributed by atoms with Gasteiger partial charge in [0, 0.05) is 22.6 Å². The lowest BCUT2D eigenvalue weighted by Crippen LogP contribution is -2.28. The van der Waals surface area contributed by atoms with Crippen molar-refractivity contribution in [1.82, 2.24) is 0 Å². The number of rotatable bonds is 5. The molecule has 0 saturated carbocycles. The molecule has 1 aromatic carbocycles. The van der Waals surface area contributed by atoms with Crippen molar-refractivity contribution >= 4 is 10.8 Å². The summed E-state index contributed by atoms with van der Waals surface area (Å²) in [6, 6.07) is 10.0. The van der Waals surface area contributed by atoms with Crippen molar-refractivity contribution in [2.24, 2.45) is 5.73 Å². The Morgan fingerprint density at radius 3 is 2.67 bits per heavy atom. The molecule has 2 N–H and O–H groups in total. The Hall–Kier alpha value is -0.930. The monoisotopic (exact) mass is 223 g/mol. The summed E-state index contributed by atoms with van der Waals surface area (Å²) >= 11 is 0. The van der Waals surface area contributed by atoms with Gasteiger partial charge in [-0.2, -0.15) is 0 Å². The summed E-state index contributed by atoms with van der Waals surface area (Å²) in [5, 5.41) is 1.69. The van der Waals surface area contributed by atoms with Crippen LogP contribution < -0.4 is 5.73 Å². The largest absolute Gasteiger partial charge is 0.327 e. The number of nitrogens with two attached hydrogens (primary N) is 1. The topological polar surface area (TPSA) is 43.1 Å². The molecule has 0 spiro atoms. The van der Waals surface area contributed by atoms with Crippen LogP contribution in [-0.2, 0) is 17.2 Å². The Bertz CT molecular complexity index is 335. The molecule has 82 valence electrons. The molecule has 1 aromatic rings. The lowest BCUT2D eigenvalue weighted by molar-refractivity contribution is 0.674. The summed E-state index contributed by atoms with van der Waals surface area (Å²) in [6.45, 7) is 1.86. The van der Waals surface area contributed by atoms with E-state index in [1.807, 2.05) is 37.3 Å². The third-order valence-corrected chi connectivity index (χ3v) is 3.34. The minimum atomic E-state index is -0.929. The molecular formula is C12H17NOS. The van der Waals surface area contributed by atoms with Gasteiger partial charge in [0.15, 0.2) is 0 Å². The minimum Gasteiger partial charge on any atom is -0.327 e. The van der Waals surface area contributed by atoms with Crippen molar-refractivity contribution in [3.8, 4) is 0 Å². The maximum absolute atomic E-state index is 11.4. The number of hydrogen-bond donors (Lipinski definition) is 1. The zero-order chi connectivity index (χ0) is 11.1. The predicted octanol–water partition coefficient (Wildman–Crippen LogP) is 1.84. The fraction of sp³-hybridized carbons (Fsp3) is 0.333. The van der Waals surface area contributed by atoms with Crippen LogP contribution in [0.15, 0.2) is 41.8 Å². The van der Waals surface area contributed by atoms with Crippen molar-refractivity contribution < 1.29 is 4.21 Å². The average molecular weight is 223 g/mol. The molecule has 2 nitrogen and oxygen atoms in total. The Labute approximate surface area is 93.6 Å². The molecule has 0 heterocycles. The lowest BCUT2D eigenvalue weighted by atomic mass is 10.1. The van der Waals surface area contributed by atoms with Crippen LogP contribution in [0, 0.1) is 0 Å². The molecule has 0 amide bonds. The van der Waals surface area contributed by atoms with Crippen LogP contribution in [0.5, 0.6) is 0 Å². The van der Waals surface area contributed by atoms with Crippen LogP contribution in [0.2, 0.25) is 0 Å². The van der Waals surface area contributed by atoms with Gasteiger partial charge in [-0.3, -0.25) is 4.21 Å². The predicted molar refractivity (Wildman–Crippen MR) is 65.9 cm³/mol. The van der Waals surface area contributed by atoms with E-state index in [-0.39, 0.29) is 6.04 Å². The van der Waals surface area contributed by atoms with Crippen LogP contribution in [-0.4, -0.2) is 16.0 Å². The van der Waals surface area contributed by atoms with Crippen molar-refractivity contribution in [3.05, 3.63) is 47.4 Å². The van der Waals surface area contributed by atoms with E-state index in [2.05, 4.69) is 0 Å². The van der Waals surface area contributed by atoms with Crippen LogP contribution >= 0.6 is 0 Å². The van der Waals surface area contributed by atoms with Crippen LogP contribution in [0.3, 0.4) is 0 Å². The second kappa shape index (κ2) is 6.53. The zero-order valence-corrected chi connectivity index (χ0v) is 9.74. The van der Waals surface area contributed by atoms with Gasteiger partial charge in [-0.1, -0.05) is 36.4 Å². The van der Waals surface area contributed by atoms with Crippen LogP contribution in [0.1, 0.15) is 12.5 Å². The first kappa shape index (κ1) is 12.1. The molecule has 15 heavy (non-hydrogen) atoms. The third kappa shape index (κ3) is 4.91. The van der Waals surface area contributed by atoms with Crippen molar-refractivity contribution in [2.75, 3.05) is 5.75 Å². The van der Waals surface area contributed by atoms with Gasteiger partial charge in [0.25, 0.3) is 0 Å². The summed E-state index contributed by atoms with van der Waals surface area (Å²) in [6.07, 6.45) is 2.58. The second-order valence-corrected chi connectivity index (χ2v) is 4.83. The Morgan fingerprint density at radius 1 is 1.40 bits per heavy atom. The lowest BCUT2D eigenvalue weighted by Gasteiger charge is -2.09. The molecule has 3 heteroatoms. The van der Waals surface area contributed by atoms with E-state index in [4.69, 9.17) is 5.73 Å². The van der Waals surface area contributed by atoms with Gasteiger partial charge in [0.1, 0.15) is 0 Å². The highest BCUT2D eigenvalue weighted by molar-refractivity contribution is 7.88. The van der Waals surface area contributed by atoms with E-state index in [0.29, 0.717) is 5.75 Å². The van der Waals surface area contributed by atoms with Gasteiger partial charge >= 0.3 is 0 Å². The van der Waals surface area contributed by atoms with Gasteiger partial charge in [-0.15, -0.1) is 0 Å². The first-order chi connectivity index (χ1) is 7.22. The maximum atomic E-state index is 11.4. The summed E-state index contributed by atoms with van der Waals surface area (Å²) in [5.41, 5.74) is 7.11. The van der Waals surface area contributed by atoms with Gasteiger partial charge in [-0.25, -0.2) is 0 Å². The Morgan fingerprint density at radius 2 is 2.07 bits per heavy atom. The van der Waals surface area contributed by atoms with E-state index in [0.717, 1.165) is 6.42 Å². The van der Waals surface area contributed by atoms with Crippen molar-refractivity contribution in [1.29, 1.82) is 0 Å². The van der Waals surface area contributed by atoms with Gasteiger partial charge in [-0.05, 0) is 24.3 Å². The molecule has 0 radical (unpaired) electrons. The van der Waals surface area contributed by atoms with Gasteiger partial charge in [0.2, 0.25) is 0 Å². The minimum absolute atomic E-state index is 0.0376. The summed E-state index contributed by atoms with van der Waals surface area (Å²) in [5.74, 6) is 0.527. The molecular weight excluding hydrogens is 206 g/mol. The molecule has 0 aromatic heterocycles. The quantitative estimate of drug-likeness (QED) is 0.827. The smallest absolute Gasteiger partial charge is 0.0468 e. The zero-order valence-electron chi connectivity index (χ0n) is 8.93. The van der Waals surface area contributed by atoms with Crippen LogP contribution in [0.25, 0.3) is 0 Å². The number of hydrogen-bond acceptors (Lipinski definition) is 2. The maximum Gasteiger partial charge on any atom is 0.0468 e. The second-order valence-electron chi connectivity index (χ2n) is 3.47. The Balaban J connectivity index is 2.43. The molecule has 0 bridgehead atoms. The molecule has 0 fully saturated rings. The first-order valence-corrected chi connectivity index (χ1v) is 6.40.